The molecule has 0 unspecified atom stereocenters. The summed E-state index contributed by atoms with van der Waals surface area (Å²) in [5, 5.41) is 11.0. The molecule has 1 aromatic carbocycles. The lowest BCUT2D eigenvalue weighted by atomic mass is 9.85. The van der Waals surface area contributed by atoms with Crippen LogP contribution >= 0.6 is 0 Å². The molecule has 2 aliphatic rings. The molecule has 6 heteroatoms. The number of fused-ring (bicyclic) bond motifs is 1. The van der Waals surface area contributed by atoms with Gasteiger partial charge in [0.15, 0.2) is 0 Å². The summed E-state index contributed by atoms with van der Waals surface area (Å²) < 4.78 is 0. The van der Waals surface area contributed by atoms with Crippen molar-refractivity contribution in [3.63, 3.8) is 0 Å². The summed E-state index contributed by atoms with van der Waals surface area (Å²) in [5.74, 6) is 0.766. The quantitative estimate of drug-likeness (QED) is 0.761. The van der Waals surface area contributed by atoms with Gasteiger partial charge in [0.05, 0.1) is 23.2 Å². The molecule has 6 nitrogen and oxygen atoms in total. The Morgan fingerprint density at radius 1 is 0.929 bits per heavy atom. The van der Waals surface area contributed by atoms with Crippen molar-refractivity contribution in [3.05, 3.63) is 72.3 Å². The second-order valence-corrected chi connectivity index (χ2v) is 7.50. The van der Waals surface area contributed by atoms with Crippen LogP contribution in [0.4, 0.5) is 17.3 Å². The maximum absolute atomic E-state index is 11.0. The number of aromatic nitrogens is 3. The van der Waals surface area contributed by atoms with Crippen molar-refractivity contribution < 1.29 is 5.11 Å². The summed E-state index contributed by atoms with van der Waals surface area (Å²) in [6.07, 6.45) is 7.66. The zero-order valence-electron chi connectivity index (χ0n) is 15.7. The molecule has 1 saturated heterocycles. The normalized spacial score (nSPS) is 18.2. The molecule has 1 N–H and O–H groups in total. The number of aliphatic hydroxyl groups is 1. The fourth-order valence-electron chi connectivity index (χ4n) is 4.18. The van der Waals surface area contributed by atoms with E-state index in [1.165, 1.54) is 5.69 Å². The van der Waals surface area contributed by atoms with E-state index in [2.05, 4.69) is 44.0 Å². The van der Waals surface area contributed by atoms with E-state index in [1.54, 1.807) is 12.4 Å². The van der Waals surface area contributed by atoms with Gasteiger partial charge in [0, 0.05) is 49.7 Å². The number of benzene rings is 1. The van der Waals surface area contributed by atoms with Crippen LogP contribution in [0.5, 0.6) is 0 Å². The molecule has 0 amide bonds. The first-order valence-corrected chi connectivity index (χ1v) is 9.79. The van der Waals surface area contributed by atoms with Crippen LogP contribution in [-0.2, 0) is 12.0 Å². The Hall–Kier alpha value is -2.99. The van der Waals surface area contributed by atoms with Gasteiger partial charge in [-0.2, -0.15) is 0 Å². The molecule has 0 spiro atoms. The molecular weight excluding hydrogens is 350 g/mol. The Morgan fingerprint density at radius 2 is 1.75 bits per heavy atom. The molecule has 0 radical (unpaired) electrons. The van der Waals surface area contributed by atoms with Crippen molar-refractivity contribution in [2.75, 3.05) is 29.4 Å². The lowest BCUT2D eigenvalue weighted by Crippen LogP contribution is -2.43. The molecule has 2 aromatic heterocycles. The number of nitrogens with zero attached hydrogens (tertiary/aromatic N) is 5. The van der Waals surface area contributed by atoms with E-state index in [0.29, 0.717) is 12.8 Å². The summed E-state index contributed by atoms with van der Waals surface area (Å²) in [6, 6.07) is 14.2. The van der Waals surface area contributed by atoms with Gasteiger partial charge in [-0.3, -0.25) is 4.98 Å². The van der Waals surface area contributed by atoms with Gasteiger partial charge in [-0.15, -0.1) is 0 Å². The zero-order chi connectivity index (χ0) is 19.0. The average Bonchev–Trinajstić information content (AvgIpc) is 3.19. The van der Waals surface area contributed by atoms with E-state index in [-0.39, 0.29) is 0 Å². The fraction of sp³-hybridized carbons (Fsp3) is 0.318. The van der Waals surface area contributed by atoms with Crippen molar-refractivity contribution in [1.82, 2.24) is 15.0 Å². The van der Waals surface area contributed by atoms with Gasteiger partial charge in [0.25, 0.3) is 0 Å². The van der Waals surface area contributed by atoms with Crippen LogP contribution in [-0.4, -0.2) is 39.7 Å². The van der Waals surface area contributed by atoms with E-state index >= 15 is 0 Å². The van der Waals surface area contributed by atoms with Crippen molar-refractivity contribution in [3.8, 4) is 0 Å². The third-order valence-corrected chi connectivity index (χ3v) is 5.84. The van der Waals surface area contributed by atoms with Gasteiger partial charge in [-0.05, 0) is 31.0 Å². The number of piperidine rings is 1. The molecule has 0 saturated carbocycles. The van der Waals surface area contributed by atoms with E-state index in [1.807, 2.05) is 24.4 Å². The van der Waals surface area contributed by atoms with Crippen LogP contribution < -0.4 is 9.80 Å². The largest absolute Gasteiger partial charge is 0.385 e. The summed E-state index contributed by atoms with van der Waals surface area (Å²) in [6.45, 7) is 2.39. The second-order valence-electron chi connectivity index (χ2n) is 7.50. The van der Waals surface area contributed by atoms with Crippen LogP contribution in [0.1, 0.15) is 24.1 Å². The van der Waals surface area contributed by atoms with Crippen LogP contribution in [0.3, 0.4) is 0 Å². The highest BCUT2D eigenvalue weighted by atomic mass is 16.3. The minimum absolute atomic E-state index is 0.648. The Kier molecular flexibility index (Phi) is 4.20. The predicted molar refractivity (Wildman–Crippen MR) is 109 cm³/mol. The fourth-order valence-corrected chi connectivity index (χ4v) is 4.18. The van der Waals surface area contributed by atoms with Gasteiger partial charge in [0.2, 0.25) is 5.95 Å². The minimum Gasteiger partial charge on any atom is -0.385 e. The van der Waals surface area contributed by atoms with E-state index in [0.717, 1.165) is 48.9 Å². The number of pyridine rings is 1. The average molecular weight is 373 g/mol. The maximum Gasteiger partial charge on any atom is 0.225 e. The number of rotatable bonds is 3. The number of hydrogen-bond acceptors (Lipinski definition) is 6. The monoisotopic (exact) mass is 373 g/mol. The van der Waals surface area contributed by atoms with Gasteiger partial charge in [-0.1, -0.05) is 24.3 Å². The molecule has 28 heavy (non-hydrogen) atoms. The van der Waals surface area contributed by atoms with Crippen molar-refractivity contribution in [1.29, 1.82) is 0 Å². The smallest absolute Gasteiger partial charge is 0.225 e. The van der Waals surface area contributed by atoms with Gasteiger partial charge < -0.3 is 14.9 Å². The molecule has 1 fully saturated rings. The first-order chi connectivity index (χ1) is 13.7. The first kappa shape index (κ1) is 17.1. The van der Waals surface area contributed by atoms with Crippen molar-refractivity contribution >= 4 is 17.3 Å². The summed E-state index contributed by atoms with van der Waals surface area (Å²) in [5.41, 5.74) is 3.45. The van der Waals surface area contributed by atoms with Gasteiger partial charge >= 0.3 is 0 Å². The Balaban J connectivity index is 1.33. The Morgan fingerprint density at radius 3 is 2.50 bits per heavy atom. The van der Waals surface area contributed by atoms with E-state index < -0.39 is 5.60 Å². The van der Waals surface area contributed by atoms with Crippen LogP contribution in [0.25, 0.3) is 0 Å². The number of para-hydroxylation sites is 1. The topological polar surface area (TPSA) is 65.4 Å². The predicted octanol–water partition coefficient (Wildman–Crippen LogP) is 3.05. The lowest BCUT2D eigenvalue weighted by molar-refractivity contribution is 0.0112. The molecule has 2 aliphatic heterocycles. The van der Waals surface area contributed by atoms with Crippen LogP contribution in [0.15, 0.2) is 61.1 Å². The molecule has 0 bridgehead atoms. The molecule has 0 atom stereocenters. The van der Waals surface area contributed by atoms with Crippen molar-refractivity contribution in [2.45, 2.75) is 24.9 Å². The Labute approximate surface area is 164 Å². The highest BCUT2D eigenvalue weighted by Crippen LogP contribution is 2.36. The van der Waals surface area contributed by atoms with Gasteiger partial charge in [-0.25, -0.2) is 9.97 Å². The maximum atomic E-state index is 11.0. The molecule has 0 aliphatic carbocycles. The van der Waals surface area contributed by atoms with Crippen LogP contribution in [0.2, 0.25) is 0 Å². The SMILES string of the molecule is OC1(c2cccnc2)CCN(c2ncc3c(n2)CCN3c2ccccc2)CC1. The van der Waals surface area contributed by atoms with E-state index in [9.17, 15) is 5.11 Å². The highest BCUT2D eigenvalue weighted by molar-refractivity contribution is 5.68. The molecule has 4 heterocycles. The summed E-state index contributed by atoms with van der Waals surface area (Å²) in [7, 11) is 0. The van der Waals surface area contributed by atoms with Crippen LogP contribution in [0, 0.1) is 0 Å². The zero-order valence-corrected chi connectivity index (χ0v) is 15.7. The number of hydrogen-bond donors (Lipinski definition) is 1. The van der Waals surface area contributed by atoms with Crippen molar-refractivity contribution in [2.24, 2.45) is 0 Å². The molecular formula is C22H23N5O. The minimum atomic E-state index is -0.814. The number of anilines is 3. The Bertz CT molecular complexity index is 955. The second kappa shape index (κ2) is 6.87. The first-order valence-electron chi connectivity index (χ1n) is 9.79. The third kappa shape index (κ3) is 2.99. The molecule has 3 aromatic rings. The standard InChI is InChI=1S/C22H23N5O/c28-22(17-5-4-11-23-15-17)9-13-26(14-10-22)21-24-16-20-19(25-21)8-12-27(20)18-6-2-1-3-7-18/h1-7,11,15-16,28H,8-10,12-14H2. The molecule has 142 valence electrons. The molecule has 5 rings (SSSR count). The summed E-state index contributed by atoms with van der Waals surface area (Å²) >= 11 is 0. The summed E-state index contributed by atoms with van der Waals surface area (Å²) in [4.78, 5) is 18.1. The lowest BCUT2D eigenvalue weighted by Gasteiger charge is -2.38. The highest BCUT2D eigenvalue weighted by Gasteiger charge is 2.35. The third-order valence-electron chi connectivity index (χ3n) is 5.84. The van der Waals surface area contributed by atoms with E-state index in [4.69, 9.17) is 4.98 Å². The van der Waals surface area contributed by atoms with Gasteiger partial charge in [0.1, 0.15) is 0 Å².